The van der Waals surface area contributed by atoms with Gasteiger partial charge in [-0.15, -0.1) is 0 Å². The molecule has 2 aromatic carbocycles. The van der Waals surface area contributed by atoms with E-state index in [4.69, 9.17) is 4.74 Å². The SMILES string of the molecule is COc1ccc(CCNC(=O)c2ccc(Br)cc2F)cc1. The highest BCUT2D eigenvalue weighted by Gasteiger charge is 2.11. The molecule has 110 valence electrons. The van der Waals surface area contributed by atoms with Crippen molar-refractivity contribution in [3.05, 3.63) is 63.9 Å². The molecule has 0 saturated carbocycles. The second-order valence-corrected chi connectivity index (χ2v) is 5.39. The predicted octanol–water partition coefficient (Wildman–Crippen LogP) is 3.57. The van der Waals surface area contributed by atoms with Crippen LogP contribution in [-0.2, 0) is 6.42 Å². The Labute approximate surface area is 131 Å². The van der Waals surface area contributed by atoms with E-state index in [2.05, 4.69) is 21.2 Å². The van der Waals surface area contributed by atoms with Crippen molar-refractivity contribution in [2.24, 2.45) is 0 Å². The molecule has 0 aromatic heterocycles. The largest absolute Gasteiger partial charge is 0.497 e. The van der Waals surface area contributed by atoms with Gasteiger partial charge in [0.05, 0.1) is 12.7 Å². The van der Waals surface area contributed by atoms with Gasteiger partial charge in [-0.1, -0.05) is 28.1 Å². The van der Waals surface area contributed by atoms with Crippen LogP contribution in [0.5, 0.6) is 5.75 Å². The molecule has 1 amide bonds. The normalized spacial score (nSPS) is 10.2. The van der Waals surface area contributed by atoms with Crippen LogP contribution in [0.3, 0.4) is 0 Å². The van der Waals surface area contributed by atoms with Gasteiger partial charge in [0.1, 0.15) is 11.6 Å². The number of nitrogens with one attached hydrogen (secondary N) is 1. The molecule has 0 aliphatic carbocycles. The van der Waals surface area contributed by atoms with E-state index in [9.17, 15) is 9.18 Å². The van der Waals surface area contributed by atoms with E-state index < -0.39 is 11.7 Å². The Morgan fingerprint density at radius 2 is 1.95 bits per heavy atom. The van der Waals surface area contributed by atoms with Gasteiger partial charge in [-0.05, 0) is 42.3 Å². The summed E-state index contributed by atoms with van der Waals surface area (Å²) in [4.78, 5) is 11.9. The van der Waals surface area contributed by atoms with Crippen molar-refractivity contribution >= 4 is 21.8 Å². The summed E-state index contributed by atoms with van der Waals surface area (Å²) >= 11 is 3.16. The molecule has 2 aromatic rings. The van der Waals surface area contributed by atoms with E-state index in [1.165, 1.54) is 12.1 Å². The zero-order chi connectivity index (χ0) is 15.2. The van der Waals surface area contributed by atoms with Crippen LogP contribution < -0.4 is 10.1 Å². The fourth-order valence-electron chi connectivity index (χ4n) is 1.88. The van der Waals surface area contributed by atoms with Gasteiger partial charge in [0, 0.05) is 11.0 Å². The summed E-state index contributed by atoms with van der Waals surface area (Å²) in [6.45, 7) is 0.445. The number of ether oxygens (including phenoxy) is 1. The highest BCUT2D eigenvalue weighted by molar-refractivity contribution is 9.10. The predicted molar refractivity (Wildman–Crippen MR) is 83.1 cm³/mol. The molecule has 0 bridgehead atoms. The minimum atomic E-state index is -0.536. The molecule has 0 atom stereocenters. The average Bonchev–Trinajstić information content (AvgIpc) is 2.47. The first-order valence-corrected chi connectivity index (χ1v) is 7.25. The summed E-state index contributed by atoms with van der Waals surface area (Å²) in [7, 11) is 1.61. The minimum absolute atomic E-state index is 0.0490. The number of benzene rings is 2. The summed E-state index contributed by atoms with van der Waals surface area (Å²) in [6, 6.07) is 12.0. The fraction of sp³-hybridized carbons (Fsp3) is 0.188. The van der Waals surface area contributed by atoms with Crippen LogP contribution >= 0.6 is 15.9 Å². The average molecular weight is 352 g/mol. The third-order valence-corrected chi connectivity index (χ3v) is 3.53. The summed E-state index contributed by atoms with van der Waals surface area (Å²) in [5, 5.41) is 2.71. The second kappa shape index (κ2) is 7.22. The van der Waals surface area contributed by atoms with Crippen molar-refractivity contribution in [3.63, 3.8) is 0 Å². The summed E-state index contributed by atoms with van der Waals surface area (Å²) in [6.07, 6.45) is 0.674. The van der Waals surface area contributed by atoms with E-state index in [1.54, 1.807) is 13.2 Å². The third kappa shape index (κ3) is 4.29. The standard InChI is InChI=1S/C16H15BrFNO2/c1-21-13-5-2-11(3-6-13)8-9-19-16(20)14-7-4-12(17)10-15(14)18/h2-7,10H,8-9H2,1H3,(H,19,20). The molecule has 0 aliphatic rings. The number of carbonyl (C=O) groups excluding carboxylic acids is 1. The molecule has 0 fully saturated rings. The van der Waals surface area contributed by atoms with E-state index in [0.29, 0.717) is 17.4 Å². The molecule has 0 saturated heterocycles. The number of halogens is 2. The quantitative estimate of drug-likeness (QED) is 0.894. The van der Waals surface area contributed by atoms with Gasteiger partial charge in [-0.2, -0.15) is 0 Å². The molecule has 3 nitrogen and oxygen atoms in total. The molecule has 0 heterocycles. The molecule has 2 rings (SSSR count). The van der Waals surface area contributed by atoms with Gasteiger partial charge in [-0.25, -0.2) is 4.39 Å². The van der Waals surface area contributed by atoms with Gasteiger partial charge < -0.3 is 10.1 Å². The Morgan fingerprint density at radius 1 is 1.24 bits per heavy atom. The number of hydrogen-bond acceptors (Lipinski definition) is 2. The van der Waals surface area contributed by atoms with Gasteiger partial charge in [0.25, 0.3) is 5.91 Å². The Hall–Kier alpha value is -1.88. The maximum absolute atomic E-state index is 13.6. The molecule has 21 heavy (non-hydrogen) atoms. The molecule has 0 radical (unpaired) electrons. The second-order valence-electron chi connectivity index (χ2n) is 4.48. The third-order valence-electron chi connectivity index (χ3n) is 3.03. The topological polar surface area (TPSA) is 38.3 Å². The lowest BCUT2D eigenvalue weighted by molar-refractivity contribution is 0.0950. The molecule has 0 spiro atoms. The fourth-order valence-corrected chi connectivity index (χ4v) is 2.21. The first-order chi connectivity index (χ1) is 10.1. The van der Waals surface area contributed by atoms with E-state index in [-0.39, 0.29) is 5.56 Å². The Balaban J connectivity index is 1.88. The minimum Gasteiger partial charge on any atom is -0.497 e. The molecular formula is C16H15BrFNO2. The van der Waals surface area contributed by atoms with Crippen LogP contribution in [-0.4, -0.2) is 19.6 Å². The van der Waals surface area contributed by atoms with Crippen LogP contribution in [0.4, 0.5) is 4.39 Å². The highest BCUT2D eigenvalue weighted by atomic mass is 79.9. The zero-order valence-corrected chi connectivity index (χ0v) is 13.1. The van der Waals surface area contributed by atoms with Crippen LogP contribution in [0.2, 0.25) is 0 Å². The lowest BCUT2D eigenvalue weighted by atomic mass is 10.1. The van der Waals surface area contributed by atoms with Gasteiger partial charge in [0.15, 0.2) is 0 Å². The van der Waals surface area contributed by atoms with Crippen molar-refractivity contribution in [2.45, 2.75) is 6.42 Å². The van der Waals surface area contributed by atoms with E-state index in [0.717, 1.165) is 11.3 Å². The molecule has 1 N–H and O–H groups in total. The Bertz CT molecular complexity index is 629. The zero-order valence-electron chi connectivity index (χ0n) is 11.5. The number of amides is 1. The van der Waals surface area contributed by atoms with Gasteiger partial charge in [-0.3, -0.25) is 4.79 Å². The van der Waals surface area contributed by atoms with Crippen molar-refractivity contribution in [1.82, 2.24) is 5.32 Å². The van der Waals surface area contributed by atoms with Crippen LogP contribution in [0.25, 0.3) is 0 Å². The molecular weight excluding hydrogens is 337 g/mol. The first-order valence-electron chi connectivity index (χ1n) is 6.46. The van der Waals surface area contributed by atoms with Crippen LogP contribution in [0.15, 0.2) is 46.9 Å². The molecule has 0 unspecified atom stereocenters. The number of methoxy groups -OCH3 is 1. The van der Waals surface area contributed by atoms with Crippen molar-refractivity contribution in [3.8, 4) is 5.75 Å². The van der Waals surface area contributed by atoms with Crippen molar-refractivity contribution in [1.29, 1.82) is 0 Å². The Morgan fingerprint density at radius 3 is 2.57 bits per heavy atom. The van der Waals surface area contributed by atoms with Gasteiger partial charge >= 0.3 is 0 Å². The highest BCUT2D eigenvalue weighted by Crippen LogP contribution is 2.15. The smallest absolute Gasteiger partial charge is 0.254 e. The van der Waals surface area contributed by atoms with E-state index in [1.807, 2.05) is 24.3 Å². The summed E-state index contributed by atoms with van der Waals surface area (Å²) in [5.41, 5.74) is 1.13. The molecule has 5 heteroatoms. The maximum atomic E-state index is 13.6. The summed E-state index contributed by atoms with van der Waals surface area (Å²) < 4.78 is 19.3. The van der Waals surface area contributed by atoms with Crippen LogP contribution in [0, 0.1) is 5.82 Å². The number of hydrogen-bond donors (Lipinski definition) is 1. The van der Waals surface area contributed by atoms with Gasteiger partial charge in [0.2, 0.25) is 0 Å². The molecule has 0 aliphatic heterocycles. The summed E-state index contributed by atoms with van der Waals surface area (Å²) in [5.74, 6) is -0.153. The van der Waals surface area contributed by atoms with E-state index >= 15 is 0 Å². The number of carbonyl (C=O) groups is 1. The first kappa shape index (κ1) is 15.5. The van der Waals surface area contributed by atoms with Crippen molar-refractivity contribution < 1.29 is 13.9 Å². The lowest BCUT2D eigenvalue weighted by Gasteiger charge is -2.07. The monoisotopic (exact) mass is 351 g/mol. The maximum Gasteiger partial charge on any atom is 0.254 e. The lowest BCUT2D eigenvalue weighted by Crippen LogP contribution is -2.26. The number of rotatable bonds is 5. The van der Waals surface area contributed by atoms with Crippen LogP contribution in [0.1, 0.15) is 15.9 Å². The Kier molecular flexibility index (Phi) is 5.33. The van der Waals surface area contributed by atoms with Crippen molar-refractivity contribution in [2.75, 3.05) is 13.7 Å².